The van der Waals surface area contributed by atoms with E-state index in [2.05, 4.69) is 4.98 Å². The average molecular weight is 527 g/mol. The quantitative estimate of drug-likeness (QED) is 0.181. The van der Waals surface area contributed by atoms with Crippen LogP contribution in [0.5, 0.6) is 11.5 Å². The van der Waals surface area contributed by atoms with Crippen LogP contribution in [0.4, 0.5) is 5.13 Å². The molecule has 192 valence electrons. The first-order valence-electron chi connectivity index (χ1n) is 12.0. The monoisotopic (exact) mass is 526 g/mol. The van der Waals surface area contributed by atoms with Crippen LogP contribution < -0.4 is 14.4 Å². The molecule has 8 heteroatoms. The molecule has 3 aromatic carbocycles. The molecule has 0 bridgehead atoms. The molecule has 0 aliphatic carbocycles. The first-order chi connectivity index (χ1) is 18.4. The third-order valence-corrected chi connectivity index (χ3v) is 7.23. The molecule has 1 aromatic heterocycles. The van der Waals surface area contributed by atoms with E-state index in [9.17, 15) is 14.7 Å². The average Bonchev–Trinajstić information content (AvgIpc) is 3.55. The molecule has 5 rings (SSSR count). The molecule has 38 heavy (non-hydrogen) atoms. The van der Waals surface area contributed by atoms with Crippen molar-refractivity contribution in [2.24, 2.45) is 0 Å². The second kappa shape index (κ2) is 10.5. The van der Waals surface area contributed by atoms with Gasteiger partial charge in [0.1, 0.15) is 12.4 Å². The zero-order chi connectivity index (χ0) is 26.8. The number of aliphatic hydroxyl groups is 1. The number of Topliss-reactive ketones (excluding diaryl/α,β-unsaturated/α-hetero) is 1. The lowest BCUT2D eigenvalue weighted by Gasteiger charge is -2.24. The van der Waals surface area contributed by atoms with Crippen LogP contribution in [0.15, 0.2) is 83.9 Å². The Hall–Kier alpha value is -4.43. The third kappa shape index (κ3) is 4.66. The van der Waals surface area contributed by atoms with Gasteiger partial charge in [-0.05, 0) is 48.7 Å². The molecule has 0 radical (unpaired) electrons. The van der Waals surface area contributed by atoms with Crippen LogP contribution >= 0.6 is 11.3 Å². The number of hydrogen-bond acceptors (Lipinski definition) is 7. The molecule has 2 heterocycles. The highest BCUT2D eigenvalue weighted by Gasteiger charge is 2.48. The predicted octanol–water partition coefficient (Wildman–Crippen LogP) is 5.97. The number of aryl methyl sites for hydroxylation is 2. The summed E-state index contributed by atoms with van der Waals surface area (Å²) in [6.07, 6.45) is 1.57. The zero-order valence-electron chi connectivity index (χ0n) is 21.2. The number of rotatable bonds is 7. The molecule has 1 N–H and O–H groups in total. The van der Waals surface area contributed by atoms with Crippen LogP contribution in [0, 0.1) is 13.8 Å². The number of thiazole rings is 1. The summed E-state index contributed by atoms with van der Waals surface area (Å²) < 4.78 is 11.6. The van der Waals surface area contributed by atoms with Crippen LogP contribution in [-0.2, 0) is 16.2 Å². The van der Waals surface area contributed by atoms with Crippen molar-refractivity contribution in [1.29, 1.82) is 0 Å². The van der Waals surface area contributed by atoms with E-state index in [1.165, 1.54) is 23.3 Å². The molecule has 4 aromatic rings. The van der Waals surface area contributed by atoms with Gasteiger partial charge in [0.25, 0.3) is 5.78 Å². The predicted molar refractivity (Wildman–Crippen MR) is 147 cm³/mol. The summed E-state index contributed by atoms with van der Waals surface area (Å²) in [7, 11) is 1.53. The van der Waals surface area contributed by atoms with Crippen LogP contribution in [0.3, 0.4) is 0 Å². The lowest BCUT2D eigenvalue weighted by atomic mass is 9.93. The minimum atomic E-state index is -0.905. The summed E-state index contributed by atoms with van der Waals surface area (Å²) in [6.45, 7) is 4.10. The van der Waals surface area contributed by atoms with Crippen LogP contribution in [-0.4, -0.2) is 28.9 Å². The number of amides is 1. The van der Waals surface area contributed by atoms with E-state index in [1.807, 2.05) is 56.3 Å². The van der Waals surface area contributed by atoms with Crippen molar-refractivity contribution in [3.63, 3.8) is 0 Å². The number of methoxy groups -OCH3 is 1. The van der Waals surface area contributed by atoms with Gasteiger partial charge in [-0.1, -0.05) is 54.1 Å². The molecule has 1 saturated heterocycles. The Morgan fingerprint density at radius 3 is 2.53 bits per heavy atom. The van der Waals surface area contributed by atoms with E-state index in [1.54, 1.807) is 35.8 Å². The van der Waals surface area contributed by atoms with Crippen molar-refractivity contribution in [3.05, 3.63) is 112 Å². The summed E-state index contributed by atoms with van der Waals surface area (Å²) >= 11 is 1.24. The van der Waals surface area contributed by atoms with Gasteiger partial charge in [-0.2, -0.15) is 0 Å². The van der Waals surface area contributed by atoms with Crippen molar-refractivity contribution >= 4 is 33.9 Å². The first-order valence-corrected chi connectivity index (χ1v) is 12.9. The third-order valence-electron chi connectivity index (χ3n) is 6.46. The highest BCUT2D eigenvalue weighted by molar-refractivity contribution is 7.14. The number of benzene rings is 3. The minimum absolute atomic E-state index is 0.00101. The number of anilines is 1. The molecule has 7 nitrogen and oxygen atoms in total. The summed E-state index contributed by atoms with van der Waals surface area (Å²) in [6, 6.07) is 19.7. The number of aromatic nitrogens is 1. The second-order valence-electron chi connectivity index (χ2n) is 8.99. The first kappa shape index (κ1) is 25.2. The van der Waals surface area contributed by atoms with Crippen molar-refractivity contribution in [2.75, 3.05) is 12.0 Å². The van der Waals surface area contributed by atoms with Gasteiger partial charge >= 0.3 is 5.91 Å². The largest absolute Gasteiger partial charge is 0.507 e. The fraction of sp³-hybridized carbons (Fsp3) is 0.167. The Labute approximate surface area is 224 Å². The Morgan fingerprint density at radius 2 is 1.82 bits per heavy atom. The molecule has 1 amide bonds. The number of carbonyl (C=O) groups is 2. The summed E-state index contributed by atoms with van der Waals surface area (Å²) in [5, 5.41) is 13.6. The fourth-order valence-corrected chi connectivity index (χ4v) is 5.19. The Balaban J connectivity index is 1.62. The van der Waals surface area contributed by atoms with Gasteiger partial charge in [0.15, 0.2) is 16.6 Å². The van der Waals surface area contributed by atoms with Crippen molar-refractivity contribution in [2.45, 2.75) is 26.5 Å². The molecule has 0 saturated carbocycles. The summed E-state index contributed by atoms with van der Waals surface area (Å²) in [5.74, 6) is -0.792. The molecule has 1 aliphatic rings. The maximum atomic E-state index is 13.4. The van der Waals surface area contributed by atoms with Crippen LogP contribution in [0.25, 0.3) is 5.76 Å². The zero-order valence-corrected chi connectivity index (χ0v) is 22.0. The van der Waals surface area contributed by atoms with E-state index in [-0.39, 0.29) is 11.3 Å². The van der Waals surface area contributed by atoms with Gasteiger partial charge in [-0.3, -0.25) is 14.5 Å². The van der Waals surface area contributed by atoms with Gasteiger partial charge in [0.05, 0.1) is 18.7 Å². The molecular weight excluding hydrogens is 500 g/mol. The van der Waals surface area contributed by atoms with Gasteiger partial charge in [-0.15, -0.1) is 11.3 Å². The number of carbonyl (C=O) groups excluding carboxylic acids is 2. The smallest absolute Gasteiger partial charge is 0.301 e. The SMILES string of the molecule is COc1cc(C2/C(=C(\O)c3cc(C)ccc3C)C(=O)C(=O)N2c2nccs2)ccc1OCc1ccccc1. The number of aliphatic hydroxyl groups excluding tert-OH is 1. The highest BCUT2D eigenvalue weighted by Crippen LogP contribution is 2.45. The van der Waals surface area contributed by atoms with E-state index >= 15 is 0 Å². The van der Waals surface area contributed by atoms with Gasteiger partial charge in [0, 0.05) is 17.1 Å². The Bertz CT molecular complexity index is 1530. The molecule has 0 spiro atoms. The van der Waals surface area contributed by atoms with Crippen LogP contribution in [0.1, 0.15) is 33.9 Å². The lowest BCUT2D eigenvalue weighted by molar-refractivity contribution is -0.132. The highest BCUT2D eigenvalue weighted by atomic mass is 32.1. The van der Waals surface area contributed by atoms with Crippen molar-refractivity contribution in [3.8, 4) is 11.5 Å². The normalized spacial score (nSPS) is 16.6. The van der Waals surface area contributed by atoms with E-state index in [0.29, 0.717) is 34.4 Å². The van der Waals surface area contributed by atoms with Gasteiger partial charge in [-0.25, -0.2) is 4.98 Å². The number of ether oxygens (including phenoxy) is 2. The van der Waals surface area contributed by atoms with E-state index in [4.69, 9.17) is 9.47 Å². The maximum absolute atomic E-state index is 13.4. The molecule has 1 atom stereocenters. The van der Waals surface area contributed by atoms with Crippen molar-refractivity contribution in [1.82, 2.24) is 4.98 Å². The number of ketones is 1. The van der Waals surface area contributed by atoms with Crippen LogP contribution in [0.2, 0.25) is 0 Å². The summed E-state index contributed by atoms with van der Waals surface area (Å²) in [4.78, 5) is 32.3. The standard InChI is InChI=1S/C30H26N2O5S/c1-18-9-10-19(2)22(15-18)27(33)25-26(32(29(35)28(25)34)30-31-13-14-38-30)21-11-12-23(24(16-21)36-3)37-17-20-7-5-4-6-8-20/h4-16,26,33H,17H2,1-3H3/b27-25+. The number of hydrogen-bond donors (Lipinski definition) is 1. The topological polar surface area (TPSA) is 89.0 Å². The maximum Gasteiger partial charge on any atom is 0.301 e. The molecule has 1 fully saturated rings. The number of nitrogens with zero attached hydrogens (tertiary/aromatic N) is 2. The molecule has 1 aliphatic heterocycles. The van der Waals surface area contributed by atoms with Gasteiger partial charge < -0.3 is 14.6 Å². The minimum Gasteiger partial charge on any atom is -0.507 e. The molecular formula is C30H26N2O5S. The second-order valence-corrected chi connectivity index (χ2v) is 9.86. The summed E-state index contributed by atoms with van der Waals surface area (Å²) in [5.41, 5.74) is 3.79. The van der Waals surface area contributed by atoms with Crippen molar-refractivity contribution < 1.29 is 24.2 Å². The van der Waals surface area contributed by atoms with E-state index < -0.39 is 17.7 Å². The van der Waals surface area contributed by atoms with Gasteiger partial charge in [0.2, 0.25) is 0 Å². The van der Waals surface area contributed by atoms with E-state index in [0.717, 1.165) is 16.7 Å². The Morgan fingerprint density at radius 1 is 1.03 bits per heavy atom. The lowest BCUT2D eigenvalue weighted by Crippen LogP contribution is -2.29. The Kier molecular flexibility index (Phi) is 6.98. The molecule has 1 unspecified atom stereocenters. The fourth-order valence-electron chi connectivity index (χ4n) is 4.52.